The summed E-state index contributed by atoms with van der Waals surface area (Å²) in [6.45, 7) is 6.77. The van der Waals surface area contributed by atoms with E-state index in [1.165, 1.54) is 36.0 Å². The van der Waals surface area contributed by atoms with Gasteiger partial charge in [0.15, 0.2) is 0 Å². The summed E-state index contributed by atoms with van der Waals surface area (Å²) in [5.41, 5.74) is 1.39. The number of hydrogen-bond acceptors (Lipinski definition) is 2. The highest BCUT2D eigenvalue weighted by Crippen LogP contribution is 2.14. The fourth-order valence-corrected chi connectivity index (χ4v) is 2.87. The summed E-state index contributed by atoms with van der Waals surface area (Å²) in [5.74, 6) is 0. The van der Waals surface area contributed by atoms with Crippen LogP contribution in [0, 0.1) is 0 Å². The van der Waals surface area contributed by atoms with Crippen LogP contribution < -0.4 is 5.32 Å². The van der Waals surface area contributed by atoms with Crippen LogP contribution in [0.25, 0.3) is 0 Å². The van der Waals surface area contributed by atoms with Gasteiger partial charge in [0, 0.05) is 23.6 Å². The van der Waals surface area contributed by atoms with Crippen LogP contribution in [0.4, 0.5) is 0 Å². The molecule has 0 spiro atoms. The summed E-state index contributed by atoms with van der Waals surface area (Å²) in [6.07, 6.45) is 2.66. The third kappa shape index (κ3) is 4.09. The maximum atomic E-state index is 3.57. The normalized spacial score (nSPS) is 20.1. The highest BCUT2D eigenvalue weighted by atomic mass is 79.9. The van der Waals surface area contributed by atoms with Crippen molar-refractivity contribution in [1.29, 1.82) is 0 Å². The molecule has 1 heterocycles. The number of hydrogen-bond donors (Lipinski definition) is 1. The molecule has 0 saturated carbocycles. The molecule has 0 radical (unpaired) electrons. The average Bonchev–Trinajstić information content (AvgIpc) is 2.81. The molecule has 2 rings (SSSR count). The van der Waals surface area contributed by atoms with Crippen molar-refractivity contribution in [2.45, 2.75) is 32.4 Å². The number of halogens is 1. The lowest BCUT2D eigenvalue weighted by molar-refractivity contribution is 0.253. The Hall–Kier alpha value is -0.380. The third-order valence-corrected chi connectivity index (χ3v) is 3.88. The van der Waals surface area contributed by atoms with E-state index in [0.717, 1.165) is 13.1 Å². The lowest BCUT2D eigenvalue weighted by atomic mass is 10.1. The average molecular weight is 297 g/mol. The Morgan fingerprint density at radius 2 is 2.35 bits per heavy atom. The molecular weight excluding hydrogens is 276 g/mol. The number of rotatable bonds is 5. The molecule has 0 aromatic heterocycles. The van der Waals surface area contributed by atoms with Gasteiger partial charge in [-0.1, -0.05) is 35.0 Å². The van der Waals surface area contributed by atoms with Gasteiger partial charge in [-0.2, -0.15) is 0 Å². The summed E-state index contributed by atoms with van der Waals surface area (Å²) in [6, 6.07) is 9.31. The van der Waals surface area contributed by atoms with Gasteiger partial charge >= 0.3 is 0 Å². The quantitative estimate of drug-likeness (QED) is 0.898. The van der Waals surface area contributed by atoms with E-state index in [2.05, 4.69) is 57.3 Å². The minimum Gasteiger partial charge on any atom is -0.313 e. The lowest BCUT2D eigenvalue weighted by Crippen LogP contribution is -2.37. The predicted molar refractivity (Wildman–Crippen MR) is 76.1 cm³/mol. The molecule has 1 aliphatic rings. The van der Waals surface area contributed by atoms with E-state index in [1.807, 2.05) is 0 Å². The lowest BCUT2D eigenvalue weighted by Gasteiger charge is -2.24. The molecule has 1 aromatic rings. The third-order valence-electron chi connectivity index (χ3n) is 3.38. The van der Waals surface area contributed by atoms with E-state index in [4.69, 9.17) is 0 Å². The van der Waals surface area contributed by atoms with E-state index in [-0.39, 0.29) is 0 Å². The molecule has 1 aromatic carbocycles. The fraction of sp³-hybridized carbons (Fsp3) is 0.571. The van der Waals surface area contributed by atoms with Crippen molar-refractivity contribution < 1.29 is 0 Å². The molecule has 17 heavy (non-hydrogen) atoms. The molecule has 1 atom stereocenters. The first-order valence-corrected chi connectivity index (χ1v) is 7.27. The zero-order chi connectivity index (χ0) is 12.1. The van der Waals surface area contributed by atoms with Crippen LogP contribution in [-0.2, 0) is 6.54 Å². The number of nitrogens with one attached hydrogen (secondary N) is 1. The van der Waals surface area contributed by atoms with Crippen LogP contribution in [-0.4, -0.2) is 30.6 Å². The van der Waals surface area contributed by atoms with Crippen molar-refractivity contribution in [3.63, 3.8) is 0 Å². The van der Waals surface area contributed by atoms with E-state index in [1.54, 1.807) is 0 Å². The van der Waals surface area contributed by atoms with Crippen LogP contribution >= 0.6 is 15.9 Å². The van der Waals surface area contributed by atoms with Gasteiger partial charge in [-0.25, -0.2) is 0 Å². The second-order valence-electron chi connectivity index (χ2n) is 4.75. The van der Waals surface area contributed by atoms with Crippen molar-refractivity contribution in [3.8, 4) is 0 Å². The summed E-state index contributed by atoms with van der Waals surface area (Å²) in [5, 5.41) is 3.57. The maximum Gasteiger partial charge on any atom is 0.0234 e. The van der Waals surface area contributed by atoms with Gasteiger partial charge in [0.05, 0.1) is 0 Å². The first kappa shape index (κ1) is 13.1. The Bertz CT molecular complexity index is 348. The molecule has 0 amide bonds. The Morgan fingerprint density at radius 3 is 3.00 bits per heavy atom. The Kier molecular flexibility index (Phi) is 5.01. The van der Waals surface area contributed by atoms with Gasteiger partial charge in [0.2, 0.25) is 0 Å². The van der Waals surface area contributed by atoms with Crippen LogP contribution in [0.2, 0.25) is 0 Å². The first-order valence-electron chi connectivity index (χ1n) is 6.48. The van der Waals surface area contributed by atoms with Gasteiger partial charge in [0.25, 0.3) is 0 Å². The molecule has 2 nitrogen and oxygen atoms in total. The van der Waals surface area contributed by atoms with E-state index < -0.39 is 0 Å². The second-order valence-corrected chi connectivity index (χ2v) is 5.67. The van der Waals surface area contributed by atoms with E-state index in [0.29, 0.717) is 6.04 Å². The van der Waals surface area contributed by atoms with Crippen molar-refractivity contribution in [3.05, 3.63) is 34.3 Å². The zero-order valence-electron chi connectivity index (χ0n) is 10.5. The van der Waals surface area contributed by atoms with Crippen LogP contribution in [0.5, 0.6) is 0 Å². The minimum atomic E-state index is 0.696. The highest BCUT2D eigenvalue weighted by Gasteiger charge is 2.16. The number of nitrogens with zero attached hydrogens (tertiary/aromatic N) is 1. The van der Waals surface area contributed by atoms with Crippen molar-refractivity contribution in [2.24, 2.45) is 0 Å². The Labute approximate surface area is 113 Å². The van der Waals surface area contributed by atoms with Gasteiger partial charge in [-0.15, -0.1) is 0 Å². The summed E-state index contributed by atoms with van der Waals surface area (Å²) >= 11 is 3.53. The second kappa shape index (κ2) is 6.53. The summed E-state index contributed by atoms with van der Waals surface area (Å²) < 4.78 is 1.17. The summed E-state index contributed by atoms with van der Waals surface area (Å²) in [7, 11) is 0. The van der Waals surface area contributed by atoms with Gasteiger partial charge in [0.1, 0.15) is 0 Å². The molecule has 0 bridgehead atoms. The molecule has 1 unspecified atom stereocenters. The molecule has 1 aliphatic heterocycles. The molecule has 94 valence electrons. The van der Waals surface area contributed by atoms with Crippen LogP contribution in [0.1, 0.15) is 25.3 Å². The summed E-state index contributed by atoms with van der Waals surface area (Å²) in [4.78, 5) is 2.52. The van der Waals surface area contributed by atoms with Gasteiger partial charge in [-0.3, -0.25) is 4.90 Å². The Balaban J connectivity index is 1.90. The largest absolute Gasteiger partial charge is 0.313 e. The molecule has 3 heteroatoms. The topological polar surface area (TPSA) is 15.3 Å². The molecule has 0 aliphatic carbocycles. The molecule has 1 N–H and O–H groups in total. The monoisotopic (exact) mass is 296 g/mol. The predicted octanol–water partition coefficient (Wildman–Crippen LogP) is 3.02. The van der Waals surface area contributed by atoms with Crippen LogP contribution in [0.15, 0.2) is 28.7 Å². The van der Waals surface area contributed by atoms with Crippen molar-refractivity contribution in [2.75, 3.05) is 19.6 Å². The van der Waals surface area contributed by atoms with E-state index >= 15 is 0 Å². The fourth-order valence-electron chi connectivity index (χ4n) is 2.42. The van der Waals surface area contributed by atoms with E-state index in [9.17, 15) is 0 Å². The van der Waals surface area contributed by atoms with Crippen molar-refractivity contribution >= 4 is 15.9 Å². The molecule has 1 fully saturated rings. The SMILES string of the molecule is CCN(Cc1cccc(Br)c1)CC1CCCN1. The molecular formula is C14H21BrN2. The van der Waals surface area contributed by atoms with Crippen molar-refractivity contribution in [1.82, 2.24) is 10.2 Å². The zero-order valence-corrected chi connectivity index (χ0v) is 12.0. The smallest absolute Gasteiger partial charge is 0.0234 e. The minimum absolute atomic E-state index is 0.696. The van der Waals surface area contributed by atoms with Gasteiger partial charge in [-0.05, 0) is 43.6 Å². The Morgan fingerprint density at radius 1 is 1.47 bits per heavy atom. The van der Waals surface area contributed by atoms with Crippen LogP contribution in [0.3, 0.4) is 0 Å². The first-order chi connectivity index (χ1) is 8.28. The standard InChI is InChI=1S/C14H21BrN2/c1-2-17(11-14-7-4-8-16-14)10-12-5-3-6-13(15)9-12/h3,5-6,9,14,16H,2,4,7-8,10-11H2,1H3. The number of likely N-dealkylation sites (N-methyl/N-ethyl adjacent to an activating group) is 1. The number of benzene rings is 1. The molecule has 1 saturated heterocycles. The highest BCUT2D eigenvalue weighted by molar-refractivity contribution is 9.10. The maximum absolute atomic E-state index is 3.57. The van der Waals surface area contributed by atoms with Gasteiger partial charge < -0.3 is 5.32 Å².